The molecule has 0 radical (unpaired) electrons. The van der Waals surface area contributed by atoms with Gasteiger partial charge in [-0.25, -0.2) is 4.39 Å². The van der Waals surface area contributed by atoms with Crippen LogP contribution >= 0.6 is 12.4 Å². The van der Waals surface area contributed by atoms with Crippen LogP contribution in [0, 0.1) is 5.82 Å². The SMILES string of the molecule is C[C@H]1CNCCN1C(=O)CCNC(=O)c1ccc(F)cc1.Cl. The van der Waals surface area contributed by atoms with Crippen molar-refractivity contribution >= 4 is 24.2 Å². The van der Waals surface area contributed by atoms with Crippen LogP contribution < -0.4 is 10.6 Å². The lowest BCUT2D eigenvalue weighted by atomic mass is 10.2. The Balaban J connectivity index is 0.00000242. The molecule has 5 nitrogen and oxygen atoms in total. The van der Waals surface area contributed by atoms with E-state index >= 15 is 0 Å². The second kappa shape index (κ2) is 8.70. The third-order valence-electron chi connectivity index (χ3n) is 3.55. The Morgan fingerprint density at radius 1 is 1.36 bits per heavy atom. The Labute approximate surface area is 135 Å². The van der Waals surface area contributed by atoms with Crippen molar-refractivity contribution in [3.05, 3.63) is 35.6 Å². The average molecular weight is 330 g/mol. The molecule has 1 aromatic rings. The van der Waals surface area contributed by atoms with Gasteiger partial charge in [-0.2, -0.15) is 0 Å². The van der Waals surface area contributed by atoms with E-state index in [2.05, 4.69) is 10.6 Å². The zero-order chi connectivity index (χ0) is 15.2. The first-order valence-corrected chi connectivity index (χ1v) is 7.12. The maximum Gasteiger partial charge on any atom is 0.251 e. The minimum Gasteiger partial charge on any atom is -0.352 e. The molecule has 7 heteroatoms. The minimum absolute atomic E-state index is 0. The van der Waals surface area contributed by atoms with Crippen LogP contribution in [0.3, 0.4) is 0 Å². The summed E-state index contributed by atoms with van der Waals surface area (Å²) in [5.41, 5.74) is 0.388. The van der Waals surface area contributed by atoms with E-state index in [9.17, 15) is 14.0 Å². The summed E-state index contributed by atoms with van der Waals surface area (Å²) in [6, 6.07) is 5.50. The second-order valence-electron chi connectivity index (χ2n) is 5.15. The smallest absolute Gasteiger partial charge is 0.251 e. The maximum absolute atomic E-state index is 12.8. The van der Waals surface area contributed by atoms with Gasteiger partial charge >= 0.3 is 0 Å². The number of hydrogen-bond acceptors (Lipinski definition) is 3. The minimum atomic E-state index is -0.380. The van der Waals surface area contributed by atoms with E-state index in [0.717, 1.165) is 13.1 Å². The fraction of sp³-hybridized carbons (Fsp3) is 0.467. The van der Waals surface area contributed by atoms with Crippen LogP contribution in [0.2, 0.25) is 0 Å². The Kier molecular flexibility index (Phi) is 7.27. The quantitative estimate of drug-likeness (QED) is 0.872. The summed E-state index contributed by atoms with van der Waals surface area (Å²) < 4.78 is 12.8. The highest BCUT2D eigenvalue weighted by Crippen LogP contribution is 2.05. The highest BCUT2D eigenvalue weighted by atomic mass is 35.5. The van der Waals surface area contributed by atoms with Gasteiger partial charge in [0, 0.05) is 44.2 Å². The Bertz CT molecular complexity index is 510. The zero-order valence-corrected chi connectivity index (χ0v) is 13.3. The molecule has 0 bridgehead atoms. The third-order valence-corrected chi connectivity index (χ3v) is 3.55. The number of nitrogens with zero attached hydrogens (tertiary/aromatic N) is 1. The zero-order valence-electron chi connectivity index (χ0n) is 12.5. The van der Waals surface area contributed by atoms with Crippen molar-refractivity contribution in [1.29, 1.82) is 0 Å². The highest BCUT2D eigenvalue weighted by Gasteiger charge is 2.22. The van der Waals surface area contributed by atoms with Crippen LogP contribution in [0.25, 0.3) is 0 Å². The Morgan fingerprint density at radius 2 is 2.05 bits per heavy atom. The van der Waals surface area contributed by atoms with E-state index in [-0.39, 0.29) is 49.0 Å². The molecule has 1 fully saturated rings. The van der Waals surface area contributed by atoms with Crippen molar-refractivity contribution in [3.8, 4) is 0 Å². The fourth-order valence-corrected chi connectivity index (χ4v) is 2.34. The molecule has 1 saturated heterocycles. The van der Waals surface area contributed by atoms with Gasteiger partial charge in [-0.05, 0) is 31.2 Å². The monoisotopic (exact) mass is 329 g/mol. The lowest BCUT2D eigenvalue weighted by Gasteiger charge is -2.34. The number of rotatable bonds is 4. The van der Waals surface area contributed by atoms with Gasteiger partial charge in [0.2, 0.25) is 5.91 Å². The van der Waals surface area contributed by atoms with Crippen molar-refractivity contribution in [2.24, 2.45) is 0 Å². The molecule has 122 valence electrons. The van der Waals surface area contributed by atoms with E-state index in [4.69, 9.17) is 0 Å². The van der Waals surface area contributed by atoms with Crippen LogP contribution in [-0.2, 0) is 4.79 Å². The molecule has 1 aliphatic heterocycles. The van der Waals surface area contributed by atoms with Crippen molar-refractivity contribution < 1.29 is 14.0 Å². The van der Waals surface area contributed by atoms with Crippen LogP contribution in [-0.4, -0.2) is 48.9 Å². The molecule has 2 rings (SSSR count). The van der Waals surface area contributed by atoms with Crippen LogP contribution in [0.1, 0.15) is 23.7 Å². The second-order valence-corrected chi connectivity index (χ2v) is 5.15. The van der Waals surface area contributed by atoms with E-state index in [1.54, 1.807) is 0 Å². The van der Waals surface area contributed by atoms with Gasteiger partial charge in [0.05, 0.1) is 0 Å². The van der Waals surface area contributed by atoms with Gasteiger partial charge in [0.1, 0.15) is 5.82 Å². The first-order chi connectivity index (χ1) is 10.1. The molecule has 2 N–H and O–H groups in total. The van der Waals surface area contributed by atoms with E-state index < -0.39 is 0 Å². The normalized spacial score (nSPS) is 17.5. The molecule has 1 aliphatic rings. The van der Waals surface area contributed by atoms with E-state index in [1.807, 2.05) is 11.8 Å². The Hall–Kier alpha value is -1.66. The average Bonchev–Trinajstić information content (AvgIpc) is 2.48. The molecule has 0 aromatic heterocycles. The number of piperazine rings is 1. The summed E-state index contributed by atoms with van der Waals surface area (Å²) in [6.45, 7) is 4.59. The molecule has 0 spiro atoms. The lowest BCUT2D eigenvalue weighted by Crippen LogP contribution is -2.52. The van der Waals surface area contributed by atoms with E-state index in [1.165, 1.54) is 24.3 Å². The number of carbonyl (C=O) groups is 2. The van der Waals surface area contributed by atoms with Crippen molar-refractivity contribution in [3.63, 3.8) is 0 Å². The summed E-state index contributed by atoms with van der Waals surface area (Å²) in [4.78, 5) is 25.7. The Morgan fingerprint density at radius 3 is 2.68 bits per heavy atom. The van der Waals surface area contributed by atoms with E-state index in [0.29, 0.717) is 12.1 Å². The molecule has 0 unspecified atom stereocenters. The number of hydrogen-bond donors (Lipinski definition) is 2. The fourth-order valence-electron chi connectivity index (χ4n) is 2.34. The first kappa shape index (κ1) is 18.4. The molecular weight excluding hydrogens is 309 g/mol. The molecule has 1 atom stereocenters. The maximum atomic E-state index is 12.8. The third kappa shape index (κ3) is 4.96. The molecule has 1 heterocycles. The van der Waals surface area contributed by atoms with Crippen LogP contribution in [0.5, 0.6) is 0 Å². The number of halogens is 2. The summed E-state index contributed by atoms with van der Waals surface area (Å²) in [5, 5.41) is 5.90. The van der Waals surface area contributed by atoms with Crippen molar-refractivity contribution in [2.45, 2.75) is 19.4 Å². The number of nitrogens with one attached hydrogen (secondary N) is 2. The molecule has 0 aliphatic carbocycles. The van der Waals surface area contributed by atoms with Gasteiger partial charge < -0.3 is 15.5 Å². The molecule has 22 heavy (non-hydrogen) atoms. The number of carbonyl (C=O) groups excluding carboxylic acids is 2. The summed E-state index contributed by atoms with van der Waals surface area (Å²) in [6.07, 6.45) is 0.275. The van der Waals surface area contributed by atoms with Gasteiger partial charge in [-0.1, -0.05) is 0 Å². The predicted octanol–water partition coefficient (Wildman–Crippen LogP) is 1.19. The first-order valence-electron chi connectivity index (χ1n) is 7.12. The molecule has 0 saturated carbocycles. The summed E-state index contributed by atoms with van der Waals surface area (Å²) >= 11 is 0. The standard InChI is InChI=1S/C15H20FN3O2.ClH/c1-11-10-17-8-9-19(11)14(20)6-7-18-15(21)12-2-4-13(16)5-3-12;/h2-5,11,17H,6-10H2,1H3,(H,18,21);1H/t11-;/m0./s1. The van der Waals surface area contributed by atoms with Crippen molar-refractivity contribution in [1.82, 2.24) is 15.5 Å². The van der Waals surface area contributed by atoms with Crippen molar-refractivity contribution in [2.75, 3.05) is 26.2 Å². The molecule has 1 aromatic carbocycles. The van der Waals surface area contributed by atoms with Crippen LogP contribution in [0.4, 0.5) is 4.39 Å². The number of amides is 2. The van der Waals surface area contributed by atoms with Gasteiger partial charge in [0.15, 0.2) is 0 Å². The van der Waals surface area contributed by atoms with Gasteiger partial charge in [0.25, 0.3) is 5.91 Å². The predicted molar refractivity (Wildman–Crippen MR) is 84.6 cm³/mol. The summed E-state index contributed by atoms with van der Waals surface area (Å²) in [7, 11) is 0. The molecule has 2 amide bonds. The lowest BCUT2D eigenvalue weighted by molar-refractivity contribution is -0.133. The largest absolute Gasteiger partial charge is 0.352 e. The summed E-state index contributed by atoms with van der Waals surface area (Å²) in [5.74, 6) is -0.631. The topological polar surface area (TPSA) is 61.4 Å². The highest BCUT2D eigenvalue weighted by molar-refractivity contribution is 5.94. The van der Waals surface area contributed by atoms with Gasteiger partial charge in [-0.3, -0.25) is 9.59 Å². The number of benzene rings is 1. The van der Waals surface area contributed by atoms with Gasteiger partial charge in [-0.15, -0.1) is 12.4 Å². The van der Waals surface area contributed by atoms with Crippen LogP contribution in [0.15, 0.2) is 24.3 Å². The molecular formula is C15H21ClFN3O2.